The van der Waals surface area contributed by atoms with Crippen LogP contribution in [0.25, 0.3) is 0 Å². The number of amides is 1. The quantitative estimate of drug-likeness (QED) is 0.770. The molecule has 1 amide bonds. The summed E-state index contributed by atoms with van der Waals surface area (Å²) in [6, 6.07) is 6.86. The predicted molar refractivity (Wildman–Crippen MR) is 79.3 cm³/mol. The largest absolute Gasteiger partial charge is 0.326 e. The summed E-state index contributed by atoms with van der Waals surface area (Å²) in [6.07, 6.45) is 6.45. The van der Waals surface area contributed by atoms with Crippen LogP contribution in [0.4, 0.5) is 5.69 Å². The van der Waals surface area contributed by atoms with E-state index in [1.54, 1.807) is 0 Å². The topological polar surface area (TPSA) is 41.1 Å². The third-order valence-electron chi connectivity index (χ3n) is 3.87. The zero-order valence-electron chi connectivity index (χ0n) is 12.0. The first-order valence-electron chi connectivity index (χ1n) is 7.34. The molecule has 2 N–H and O–H groups in total. The van der Waals surface area contributed by atoms with Crippen LogP contribution in [0, 0.1) is 0 Å². The van der Waals surface area contributed by atoms with E-state index in [4.69, 9.17) is 0 Å². The van der Waals surface area contributed by atoms with E-state index in [9.17, 15) is 4.79 Å². The van der Waals surface area contributed by atoms with Crippen molar-refractivity contribution < 1.29 is 4.79 Å². The normalized spacial score (nSPS) is 15.8. The lowest BCUT2D eigenvalue weighted by molar-refractivity contribution is -0.116. The minimum absolute atomic E-state index is 0.133. The van der Waals surface area contributed by atoms with Crippen LogP contribution in [0.2, 0.25) is 0 Å². The number of hydrogen-bond donors (Lipinski definition) is 2. The standard InChI is InChI=1S/C16H24N2O/c1-3-4-5-6-14(17-2)12-7-9-15-13(11-12)8-10-16(19)18-15/h7,9,11,14,17H,3-6,8,10H2,1-2H3,(H,18,19). The van der Waals surface area contributed by atoms with Crippen molar-refractivity contribution >= 4 is 11.6 Å². The van der Waals surface area contributed by atoms with Gasteiger partial charge in [0.25, 0.3) is 0 Å². The van der Waals surface area contributed by atoms with Crippen molar-refractivity contribution in [3.8, 4) is 0 Å². The fourth-order valence-electron chi connectivity index (χ4n) is 2.70. The van der Waals surface area contributed by atoms with Crippen molar-refractivity contribution in [2.75, 3.05) is 12.4 Å². The van der Waals surface area contributed by atoms with Crippen LogP contribution in [0.1, 0.15) is 56.2 Å². The Kier molecular flexibility index (Phi) is 4.97. The van der Waals surface area contributed by atoms with Crippen LogP contribution in [0.15, 0.2) is 18.2 Å². The summed E-state index contributed by atoms with van der Waals surface area (Å²) < 4.78 is 0. The van der Waals surface area contributed by atoms with Crippen molar-refractivity contribution in [3.05, 3.63) is 29.3 Å². The van der Waals surface area contributed by atoms with Crippen LogP contribution in [-0.4, -0.2) is 13.0 Å². The number of carbonyl (C=O) groups is 1. The van der Waals surface area contributed by atoms with Gasteiger partial charge in [0.1, 0.15) is 0 Å². The molecule has 3 nitrogen and oxygen atoms in total. The molecule has 1 aliphatic rings. The predicted octanol–water partition coefficient (Wildman–Crippen LogP) is 3.41. The Morgan fingerprint density at radius 3 is 2.89 bits per heavy atom. The molecule has 1 heterocycles. The molecule has 1 unspecified atom stereocenters. The molecule has 3 heteroatoms. The smallest absolute Gasteiger partial charge is 0.224 e. The molecule has 0 bridgehead atoms. The minimum Gasteiger partial charge on any atom is -0.326 e. The van der Waals surface area contributed by atoms with E-state index < -0.39 is 0 Å². The summed E-state index contributed by atoms with van der Waals surface area (Å²) in [4.78, 5) is 11.4. The number of anilines is 1. The van der Waals surface area contributed by atoms with Crippen molar-refractivity contribution in [1.29, 1.82) is 0 Å². The van der Waals surface area contributed by atoms with Crippen molar-refractivity contribution in [1.82, 2.24) is 5.32 Å². The Balaban J connectivity index is 2.09. The fourth-order valence-corrected chi connectivity index (χ4v) is 2.70. The number of rotatable bonds is 6. The van der Waals surface area contributed by atoms with E-state index in [0.717, 1.165) is 12.1 Å². The molecule has 1 aliphatic heterocycles. The lowest BCUT2D eigenvalue weighted by Gasteiger charge is -2.21. The first kappa shape index (κ1) is 14.1. The van der Waals surface area contributed by atoms with Gasteiger partial charge in [-0.15, -0.1) is 0 Å². The molecule has 0 spiro atoms. The highest BCUT2D eigenvalue weighted by Crippen LogP contribution is 2.28. The molecule has 1 aromatic rings. The van der Waals surface area contributed by atoms with Crippen LogP contribution in [0.3, 0.4) is 0 Å². The SMILES string of the molecule is CCCCCC(NC)c1ccc2c(c1)CCC(=O)N2. The second kappa shape index (κ2) is 6.71. The van der Waals surface area contributed by atoms with E-state index in [2.05, 4.69) is 29.7 Å². The zero-order chi connectivity index (χ0) is 13.7. The number of hydrogen-bond acceptors (Lipinski definition) is 2. The summed E-state index contributed by atoms with van der Waals surface area (Å²) >= 11 is 0. The average Bonchev–Trinajstić information content (AvgIpc) is 2.43. The third-order valence-corrected chi connectivity index (χ3v) is 3.87. The maximum Gasteiger partial charge on any atom is 0.224 e. The van der Waals surface area contributed by atoms with Gasteiger partial charge in [-0.25, -0.2) is 0 Å². The van der Waals surface area contributed by atoms with Gasteiger partial charge < -0.3 is 10.6 Å². The van der Waals surface area contributed by atoms with Gasteiger partial charge in [-0.05, 0) is 37.1 Å². The highest BCUT2D eigenvalue weighted by atomic mass is 16.1. The number of aryl methyl sites for hydroxylation is 1. The molecule has 0 saturated carbocycles. The average molecular weight is 260 g/mol. The first-order chi connectivity index (χ1) is 9.24. The van der Waals surface area contributed by atoms with Gasteiger partial charge in [0, 0.05) is 18.2 Å². The van der Waals surface area contributed by atoms with Gasteiger partial charge in [-0.2, -0.15) is 0 Å². The lowest BCUT2D eigenvalue weighted by Crippen LogP contribution is -2.21. The summed E-state index contributed by atoms with van der Waals surface area (Å²) in [5, 5.41) is 6.34. The fraction of sp³-hybridized carbons (Fsp3) is 0.562. The second-order valence-electron chi connectivity index (χ2n) is 5.30. The van der Waals surface area contributed by atoms with Crippen LogP contribution in [-0.2, 0) is 11.2 Å². The summed E-state index contributed by atoms with van der Waals surface area (Å²) in [7, 11) is 2.03. The van der Waals surface area contributed by atoms with E-state index >= 15 is 0 Å². The van der Waals surface area contributed by atoms with Gasteiger partial charge in [0.15, 0.2) is 0 Å². The summed E-state index contributed by atoms with van der Waals surface area (Å²) in [5.41, 5.74) is 3.60. The molecule has 19 heavy (non-hydrogen) atoms. The van der Waals surface area contributed by atoms with Crippen molar-refractivity contribution in [2.24, 2.45) is 0 Å². The van der Waals surface area contributed by atoms with E-state index in [1.165, 1.54) is 36.8 Å². The zero-order valence-corrected chi connectivity index (χ0v) is 12.0. The van der Waals surface area contributed by atoms with Gasteiger partial charge >= 0.3 is 0 Å². The molecule has 2 rings (SSSR count). The lowest BCUT2D eigenvalue weighted by atomic mass is 9.95. The molecular formula is C16H24N2O. The number of benzene rings is 1. The Morgan fingerprint density at radius 2 is 2.16 bits per heavy atom. The highest BCUT2D eigenvalue weighted by Gasteiger charge is 2.17. The molecule has 1 aromatic carbocycles. The summed E-state index contributed by atoms with van der Waals surface area (Å²) in [5.74, 6) is 0.133. The molecule has 104 valence electrons. The maximum atomic E-state index is 11.4. The first-order valence-corrected chi connectivity index (χ1v) is 7.34. The van der Waals surface area contributed by atoms with Crippen molar-refractivity contribution in [3.63, 3.8) is 0 Å². The van der Waals surface area contributed by atoms with Gasteiger partial charge in [0.05, 0.1) is 0 Å². The second-order valence-corrected chi connectivity index (χ2v) is 5.30. The molecule has 0 fully saturated rings. The maximum absolute atomic E-state index is 11.4. The highest BCUT2D eigenvalue weighted by molar-refractivity contribution is 5.93. The Bertz CT molecular complexity index is 442. The molecular weight excluding hydrogens is 236 g/mol. The van der Waals surface area contributed by atoms with E-state index in [-0.39, 0.29) is 5.91 Å². The monoisotopic (exact) mass is 260 g/mol. The van der Waals surface area contributed by atoms with Gasteiger partial charge in [0.2, 0.25) is 5.91 Å². The molecule has 1 atom stereocenters. The number of nitrogens with one attached hydrogen (secondary N) is 2. The van der Waals surface area contributed by atoms with E-state index in [0.29, 0.717) is 12.5 Å². The molecule has 0 aromatic heterocycles. The third kappa shape index (κ3) is 3.57. The van der Waals surface area contributed by atoms with E-state index in [1.807, 2.05) is 13.1 Å². The molecule has 0 aliphatic carbocycles. The van der Waals surface area contributed by atoms with Crippen LogP contribution in [0.5, 0.6) is 0 Å². The van der Waals surface area contributed by atoms with Crippen LogP contribution < -0.4 is 10.6 Å². The van der Waals surface area contributed by atoms with Crippen LogP contribution >= 0.6 is 0 Å². The molecule has 0 saturated heterocycles. The Morgan fingerprint density at radius 1 is 1.32 bits per heavy atom. The van der Waals surface area contributed by atoms with Crippen molar-refractivity contribution in [2.45, 2.75) is 51.5 Å². The Hall–Kier alpha value is -1.35. The molecule has 0 radical (unpaired) electrons. The minimum atomic E-state index is 0.133. The number of carbonyl (C=O) groups excluding carboxylic acids is 1. The van der Waals surface area contributed by atoms with Gasteiger partial charge in [-0.3, -0.25) is 4.79 Å². The Labute approximate surface area is 115 Å². The number of fused-ring (bicyclic) bond motifs is 1. The number of unbranched alkanes of at least 4 members (excludes halogenated alkanes) is 2. The van der Waals surface area contributed by atoms with Gasteiger partial charge in [-0.1, -0.05) is 38.3 Å². The summed E-state index contributed by atoms with van der Waals surface area (Å²) in [6.45, 7) is 2.23.